The molecule has 27 heavy (non-hydrogen) atoms. The van der Waals surface area contributed by atoms with Gasteiger partial charge in [-0.25, -0.2) is 0 Å². The average molecular weight is 364 g/mol. The predicted octanol–water partition coefficient (Wildman–Crippen LogP) is 4.36. The van der Waals surface area contributed by atoms with E-state index < -0.39 is 0 Å². The third-order valence-corrected chi connectivity index (χ3v) is 5.23. The lowest BCUT2D eigenvalue weighted by atomic mass is 10.0. The molecule has 3 rings (SSSR count). The van der Waals surface area contributed by atoms with Crippen LogP contribution >= 0.6 is 0 Å². The first-order valence-corrected chi connectivity index (χ1v) is 9.85. The number of carbonyl (C=O) groups is 2. The van der Waals surface area contributed by atoms with Crippen LogP contribution in [0.4, 0.5) is 5.69 Å². The first-order chi connectivity index (χ1) is 13.1. The lowest BCUT2D eigenvalue weighted by Crippen LogP contribution is -2.29. The smallest absolute Gasteiger partial charge is 0.255 e. The number of para-hydroxylation sites is 1. The van der Waals surface area contributed by atoms with Crippen LogP contribution in [0.1, 0.15) is 53.2 Å². The molecule has 0 aliphatic carbocycles. The van der Waals surface area contributed by atoms with Gasteiger partial charge in [-0.1, -0.05) is 43.3 Å². The number of hydrogen-bond donors (Lipinski definition) is 1. The quantitative estimate of drug-likeness (QED) is 0.828. The standard InChI is InChI=1S/C23H28N2O2/c1-3-18-9-11-19(12-10-18)13-14-21(26)24-22-17(2)7-6-8-20(22)23(27)25-15-4-5-16-25/h6-12H,3-5,13-16H2,1-2H3,(H,24,26). The van der Waals surface area contributed by atoms with E-state index in [1.807, 2.05) is 30.0 Å². The second kappa shape index (κ2) is 8.85. The Labute approximate surface area is 161 Å². The van der Waals surface area contributed by atoms with Gasteiger partial charge in [0.05, 0.1) is 11.3 Å². The lowest BCUT2D eigenvalue weighted by Gasteiger charge is -2.19. The van der Waals surface area contributed by atoms with Crippen molar-refractivity contribution in [1.29, 1.82) is 0 Å². The molecule has 1 aliphatic rings. The van der Waals surface area contributed by atoms with E-state index in [-0.39, 0.29) is 11.8 Å². The highest BCUT2D eigenvalue weighted by Crippen LogP contribution is 2.24. The van der Waals surface area contributed by atoms with Gasteiger partial charge in [0.25, 0.3) is 5.91 Å². The largest absolute Gasteiger partial charge is 0.339 e. The second-order valence-corrected chi connectivity index (χ2v) is 7.22. The molecule has 0 bridgehead atoms. The summed E-state index contributed by atoms with van der Waals surface area (Å²) in [5, 5.41) is 2.99. The zero-order chi connectivity index (χ0) is 19.2. The van der Waals surface area contributed by atoms with Crippen molar-refractivity contribution in [1.82, 2.24) is 4.90 Å². The Morgan fingerprint density at radius 3 is 2.33 bits per heavy atom. The average Bonchev–Trinajstić information content (AvgIpc) is 3.22. The van der Waals surface area contributed by atoms with Gasteiger partial charge in [0, 0.05) is 19.5 Å². The molecular formula is C23H28N2O2. The van der Waals surface area contributed by atoms with Crippen molar-refractivity contribution in [2.24, 2.45) is 0 Å². The first kappa shape index (κ1) is 19.2. The van der Waals surface area contributed by atoms with Crippen molar-refractivity contribution in [3.63, 3.8) is 0 Å². The van der Waals surface area contributed by atoms with Gasteiger partial charge in [-0.2, -0.15) is 0 Å². The topological polar surface area (TPSA) is 49.4 Å². The molecule has 0 saturated carbocycles. The molecular weight excluding hydrogens is 336 g/mol. The van der Waals surface area contributed by atoms with Crippen molar-refractivity contribution in [3.8, 4) is 0 Å². The van der Waals surface area contributed by atoms with Crippen LogP contribution in [0, 0.1) is 6.92 Å². The summed E-state index contributed by atoms with van der Waals surface area (Å²) in [5.41, 5.74) is 4.62. The van der Waals surface area contributed by atoms with Crippen LogP contribution in [0.3, 0.4) is 0 Å². The molecule has 0 radical (unpaired) electrons. The minimum atomic E-state index is -0.0562. The molecule has 0 unspecified atom stereocenters. The molecule has 142 valence electrons. The fourth-order valence-corrected chi connectivity index (χ4v) is 3.50. The van der Waals surface area contributed by atoms with E-state index in [9.17, 15) is 9.59 Å². The molecule has 1 fully saturated rings. The summed E-state index contributed by atoms with van der Waals surface area (Å²) < 4.78 is 0. The number of carbonyl (C=O) groups excluding carboxylic acids is 2. The molecule has 1 aliphatic heterocycles. The van der Waals surface area contributed by atoms with Crippen LogP contribution in [-0.2, 0) is 17.6 Å². The maximum absolute atomic E-state index is 12.8. The van der Waals surface area contributed by atoms with Crippen molar-refractivity contribution < 1.29 is 9.59 Å². The molecule has 0 atom stereocenters. The van der Waals surface area contributed by atoms with Crippen LogP contribution in [-0.4, -0.2) is 29.8 Å². The van der Waals surface area contributed by atoms with Gasteiger partial charge in [-0.3, -0.25) is 9.59 Å². The molecule has 4 heteroatoms. The summed E-state index contributed by atoms with van der Waals surface area (Å²) >= 11 is 0. The Balaban J connectivity index is 1.66. The highest BCUT2D eigenvalue weighted by molar-refractivity contribution is 6.04. The van der Waals surface area contributed by atoms with Crippen LogP contribution in [0.2, 0.25) is 0 Å². The summed E-state index contributed by atoms with van der Waals surface area (Å²) in [6.45, 7) is 5.66. The zero-order valence-electron chi connectivity index (χ0n) is 16.3. The summed E-state index contributed by atoms with van der Waals surface area (Å²) in [6, 6.07) is 14.0. The maximum atomic E-state index is 12.8. The Hall–Kier alpha value is -2.62. The Morgan fingerprint density at radius 2 is 1.67 bits per heavy atom. The highest BCUT2D eigenvalue weighted by atomic mass is 16.2. The number of likely N-dealkylation sites (tertiary alicyclic amines) is 1. The highest BCUT2D eigenvalue weighted by Gasteiger charge is 2.23. The lowest BCUT2D eigenvalue weighted by molar-refractivity contribution is -0.116. The SMILES string of the molecule is CCc1ccc(CCC(=O)Nc2c(C)cccc2C(=O)N2CCCC2)cc1. The fraction of sp³-hybridized carbons (Fsp3) is 0.391. The van der Waals surface area contributed by atoms with E-state index >= 15 is 0 Å². The number of nitrogens with zero attached hydrogens (tertiary/aromatic N) is 1. The minimum Gasteiger partial charge on any atom is -0.339 e. The van der Waals surface area contributed by atoms with E-state index in [0.29, 0.717) is 24.1 Å². The minimum absolute atomic E-state index is 0.0154. The van der Waals surface area contributed by atoms with Gasteiger partial charge >= 0.3 is 0 Å². The van der Waals surface area contributed by atoms with E-state index in [1.54, 1.807) is 0 Å². The number of hydrogen-bond acceptors (Lipinski definition) is 2. The first-order valence-electron chi connectivity index (χ1n) is 9.85. The van der Waals surface area contributed by atoms with E-state index in [2.05, 4.69) is 36.5 Å². The third-order valence-electron chi connectivity index (χ3n) is 5.23. The molecule has 0 aromatic heterocycles. The van der Waals surface area contributed by atoms with Crippen molar-refractivity contribution in [2.75, 3.05) is 18.4 Å². The van der Waals surface area contributed by atoms with E-state index in [1.165, 1.54) is 5.56 Å². The fourth-order valence-electron chi connectivity index (χ4n) is 3.50. The van der Waals surface area contributed by atoms with E-state index in [0.717, 1.165) is 43.5 Å². The van der Waals surface area contributed by atoms with Crippen LogP contribution in [0.5, 0.6) is 0 Å². The molecule has 0 spiro atoms. The van der Waals surface area contributed by atoms with Crippen molar-refractivity contribution in [3.05, 3.63) is 64.7 Å². The van der Waals surface area contributed by atoms with Gasteiger partial charge in [-0.15, -0.1) is 0 Å². The summed E-state index contributed by atoms with van der Waals surface area (Å²) in [5.74, 6) is -0.0407. The van der Waals surface area contributed by atoms with Crippen LogP contribution in [0.15, 0.2) is 42.5 Å². The molecule has 2 amide bonds. The second-order valence-electron chi connectivity index (χ2n) is 7.22. The van der Waals surface area contributed by atoms with E-state index in [4.69, 9.17) is 0 Å². The molecule has 1 saturated heterocycles. The maximum Gasteiger partial charge on any atom is 0.255 e. The van der Waals surface area contributed by atoms with Gasteiger partial charge in [-0.05, 0) is 55.4 Å². The zero-order valence-corrected chi connectivity index (χ0v) is 16.3. The summed E-state index contributed by atoms with van der Waals surface area (Å²) in [7, 11) is 0. The third kappa shape index (κ3) is 4.76. The molecule has 1 N–H and O–H groups in total. The summed E-state index contributed by atoms with van der Waals surface area (Å²) in [4.78, 5) is 27.2. The van der Waals surface area contributed by atoms with Gasteiger partial charge in [0.2, 0.25) is 5.91 Å². The number of anilines is 1. The number of aryl methyl sites for hydroxylation is 3. The monoisotopic (exact) mass is 364 g/mol. The number of amides is 2. The molecule has 2 aromatic rings. The normalized spacial score (nSPS) is 13.6. The molecule has 1 heterocycles. The van der Waals surface area contributed by atoms with Crippen molar-refractivity contribution in [2.45, 2.75) is 46.0 Å². The molecule has 4 nitrogen and oxygen atoms in total. The van der Waals surface area contributed by atoms with Gasteiger partial charge in [0.1, 0.15) is 0 Å². The summed E-state index contributed by atoms with van der Waals surface area (Å²) in [6.07, 6.45) is 4.21. The number of rotatable bonds is 6. The Kier molecular flexibility index (Phi) is 6.28. The van der Waals surface area contributed by atoms with Crippen LogP contribution in [0.25, 0.3) is 0 Å². The predicted molar refractivity (Wildman–Crippen MR) is 109 cm³/mol. The van der Waals surface area contributed by atoms with Crippen LogP contribution < -0.4 is 5.32 Å². The van der Waals surface area contributed by atoms with Gasteiger partial charge < -0.3 is 10.2 Å². The Bertz CT molecular complexity index is 806. The number of benzene rings is 2. The molecule has 2 aromatic carbocycles. The van der Waals surface area contributed by atoms with Crippen molar-refractivity contribution >= 4 is 17.5 Å². The Morgan fingerprint density at radius 1 is 1.00 bits per heavy atom. The van der Waals surface area contributed by atoms with Gasteiger partial charge in [0.15, 0.2) is 0 Å². The number of nitrogens with one attached hydrogen (secondary N) is 1.